The fourth-order valence-corrected chi connectivity index (χ4v) is 3.06. The molecule has 7 heteroatoms. The summed E-state index contributed by atoms with van der Waals surface area (Å²) in [6.07, 6.45) is 5.87. The molecule has 0 radical (unpaired) electrons. The molecular weight excluding hydrogens is 272 g/mol. The number of carbonyl (C=O) groups is 2. The van der Waals surface area contributed by atoms with Crippen molar-refractivity contribution in [2.45, 2.75) is 52.1 Å². The summed E-state index contributed by atoms with van der Waals surface area (Å²) in [5, 5.41) is 16.0. The third kappa shape index (κ3) is 3.59. The average molecular weight is 294 g/mol. The van der Waals surface area contributed by atoms with Crippen LogP contribution in [0.1, 0.15) is 50.0 Å². The highest BCUT2D eigenvalue weighted by Gasteiger charge is 2.29. The molecule has 1 saturated carbocycles. The highest BCUT2D eigenvalue weighted by Crippen LogP contribution is 2.28. The molecule has 0 aliphatic heterocycles. The van der Waals surface area contributed by atoms with Crippen molar-refractivity contribution >= 4 is 11.9 Å². The van der Waals surface area contributed by atoms with E-state index >= 15 is 0 Å². The van der Waals surface area contributed by atoms with E-state index in [-0.39, 0.29) is 24.2 Å². The van der Waals surface area contributed by atoms with E-state index < -0.39 is 5.97 Å². The third-order valence-electron chi connectivity index (χ3n) is 4.18. The molecule has 0 bridgehead atoms. The molecule has 1 heterocycles. The first-order valence-electron chi connectivity index (χ1n) is 7.45. The van der Waals surface area contributed by atoms with E-state index in [0.717, 1.165) is 19.3 Å². The first kappa shape index (κ1) is 15.5. The molecule has 1 N–H and O–H groups in total. The summed E-state index contributed by atoms with van der Waals surface area (Å²) in [7, 11) is 0. The summed E-state index contributed by atoms with van der Waals surface area (Å²) in [6.45, 7) is 4.87. The Hall–Kier alpha value is -1.92. The van der Waals surface area contributed by atoms with E-state index in [1.54, 1.807) is 0 Å². The lowest BCUT2D eigenvalue weighted by Crippen LogP contribution is -2.46. The molecule has 21 heavy (non-hydrogen) atoms. The summed E-state index contributed by atoms with van der Waals surface area (Å²) >= 11 is 0. The van der Waals surface area contributed by atoms with Crippen molar-refractivity contribution in [2.75, 3.05) is 6.54 Å². The summed E-state index contributed by atoms with van der Waals surface area (Å²) < 4.78 is 1.29. The van der Waals surface area contributed by atoms with Gasteiger partial charge in [0.25, 0.3) is 0 Å². The van der Waals surface area contributed by atoms with E-state index in [1.807, 2.05) is 11.8 Å². The topological polar surface area (TPSA) is 88.3 Å². The lowest BCUT2D eigenvalue weighted by molar-refractivity contribution is -0.136. The Bertz CT molecular complexity index is 514. The van der Waals surface area contributed by atoms with Gasteiger partial charge in [0.1, 0.15) is 6.54 Å². The quantitative estimate of drug-likeness (QED) is 0.887. The van der Waals surface area contributed by atoms with Crippen molar-refractivity contribution in [1.29, 1.82) is 0 Å². The lowest BCUT2D eigenvalue weighted by atomic mass is 9.85. The fourth-order valence-electron chi connectivity index (χ4n) is 3.06. The SMILES string of the molecule is CCN(C(=O)Cn1cc(C(=O)O)nn1)C1CCCCC1C. The van der Waals surface area contributed by atoms with Crippen LogP contribution in [0, 0.1) is 5.92 Å². The molecule has 0 aromatic carbocycles. The van der Waals surface area contributed by atoms with Gasteiger partial charge in [-0.25, -0.2) is 9.48 Å². The second-order valence-electron chi connectivity index (χ2n) is 5.62. The van der Waals surface area contributed by atoms with Gasteiger partial charge in [-0.05, 0) is 25.7 Å². The van der Waals surface area contributed by atoms with Crippen LogP contribution >= 0.6 is 0 Å². The second-order valence-corrected chi connectivity index (χ2v) is 5.62. The third-order valence-corrected chi connectivity index (χ3v) is 4.18. The number of carbonyl (C=O) groups excluding carboxylic acids is 1. The van der Waals surface area contributed by atoms with Crippen molar-refractivity contribution in [3.63, 3.8) is 0 Å². The van der Waals surface area contributed by atoms with Gasteiger partial charge in [0, 0.05) is 12.6 Å². The minimum atomic E-state index is -1.14. The zero-order valence-corrected chi connectivity index (χ0v) is 12.5. The maximum atomic E-state index is 12.5. The van der Waals surface area contributed by atoms with Crippen LogP contribution in [0.3, 0.4) is 0 Å². The van der Waals surface area contributed by atoms with Gasteiger partial charge in [-0.1, -0.05) is 25.0 Å². The smallest absolute Gasteiger partial charge is 0.358 e. The van der Waals surface area contributed by atoms with Gasteiger partial charge in [0.05, 0.1) is 6.20 Å². The zero-order chi connectivity index (χ0) is 15.4. The molecule has 1 aromatic heterocycles. The molecular formula is C14H22N4O3. The standard InChI is InChI=1S/C14H22N4O3/c1-3-18(12-7-5-4-6-10(12)2)13(19)9-17-8-11(14(20)21)15-16-17/h8,10,12H,3-7,9H2,1-2H3,(H,20,21). The number of nitrogens with zero attached hydrogens (tertiary/aromatic N) is 4. The number of aromatic nitrogens is 3. The van der Waals surface area contributed by atoms with Gasteiger partial charge < -0.3 is 10.0 Å². The van der Waals surface area contributed by atoms with Crippen LogP contribution in [-0.4, -0.2) is 49.5 Å². The highest BCUT2D eigenvalue weighted by atomic mass is 16.4. The van der Waals surface area contributed by atoms with Gasteiger partial charge in [0.2, 0.25) is 5.91 Å². The first-order chi connectivity index (χ1) is 10.0. The minimum absolute atomic E-state index is 0.0295. The predicted octanol–water partition coefficient (Wildman–Crippen LogP) is 1.40. The average Bonchev–Trinajstić information content (AvgIpc) is 2.90. The van der Waals surface area contributed by atoms with Crippen molar-refractivity contribution < 1.29 is 14.7 Å². The van der Waals surface area contributed by atoms with E-state index in [4.69, 9.17) is 5.11 Å². The Balaban J connectivity index is 2.03. The minimum Gasteiger partial charge on any atom is -0.476 e. The fraction of sp³-hybridized carbons (Fsp3) is 0.714. The monoisotopic (exact) mass is 294 g/mol. The van der Waals surface area contributed by atoms with Crippen LogP contribution in [0.25, 0.3) is 0 Å². The Morgan fingerprint density at radius 1 is 1.43 bits per heavy atom. The zero-order valence-electron chi connectivity index (χ0n) is 12.5. The van der Waals surface area contributed by atoms with Crippen LogP contribution in [-0.2, 0) is 11.3 Å². The van der Waals surface area contributed by atoms with Gasteiger partial charge in [-0.15, -0.1) is 5.10 Å². The molecule has 1 aromatic rings. The van der Waals surface area contributed by atoms with Gasteiger partial charge in [-0.2, -0.15) is 0 Å². The van der Waals surface area contributed by atoms with E-state index in [0.29, 0.717) is 12.5 Å². The number of carboxylic acid groups (broad SMARTS) is 1. The molecule has 0 spiro atoms. The Morgan fingerprint density at radius 3 is 2.71 bits per heavy atom. The number of amides is 1. The lowest BCUT2D eigenvalue weighted by Gasteiger charge is -2.38. The second kappa shape index (κ2) is 6.69. The number of hydrogen-bond donors (Lipinski definition) is 1. The molecule has 2 unspecified atom stereocenters. The van der Waals surface area contributed by atoms with Crippen molar-refractivity contribution in [1.82, 2.24) is 19.9 Å². The number of carboxylic acids is 1. The van der Waals surface area contributed by atoms with Gasteiger partial charge in [-0.3, -0.25) is 4.79 Å². The van der Waals surface area contributed by atoms with Gasteiger partial charge >= 0.3 is 5.97 Å². The van der Waals surface area contributed by atoms with Crippen LogP contribution in [0.2, 0.25) is 0 Å². The predicted molar refractivity (Wildman–Crippen MR) is 75.8 cm³/mol. The number of rotatable bonds is 5. The maximum Gasteiger partial charge on any atom is 0.358 e. The maximum absolute atomic E-state index is 12.5. The van der Waals surface area contributed by atoms with Gasteiger partial charge in [0.15, 0.2) is 5.69 Å². The van der Waals surface area contributed by atoms with Crippen LogP contribution < -0.4 is 0 Å². The van der Waals surface area contributed by atoms with Crippen molar-refractivity contribution in [2.24, 2.45) is 5.92 Å². The first-order valence-corrected chi connectivity index (χ1v) is 7.45. The molecule has 2 atom stereocenters. The van der Waals surface area contributed by atoms with Crippen LogP contribution in [0.4, 0.5) is 0 Å². The molecule has 1 aliphatic rings. The highest BCUT2D eigenvalue weighted by molar-refractivity contribution is 5.84. The molecule has 0 saturated heterocycles. The Kier molecular flexibility index (Phi) is 4.93. The molecule has 7 nitrogen and oxygen atoms in total. The number of hydrogen-bond acceptors (Lipinski definition) is 4. The normalized spacial score (nSPS) is 22.0. The molecule has 2 rings (SSSR count). The molecule has 116 valence electrons. The summed E-state index contributed by atoms with van der Waals surface area (Å²) in [5.74, 6) is -0.659. The number of aromatic carboxylic acids is 1. The van der Waals surface area contributed by atoms with Crippen LogP contribution in [0.5, 0.6) is 0 Å². The van der Waals surface area contributed by atoms with Crippen molar-refractivity contribution in [3.05, 3.63) is 11.9 Å². The van der Waals surface area contributed by atoms with E-state index in [9.17, 15) is 9.59 Å². The molecule has 1 amide bonds. The van der Waals surface area contributed by atoms with Crippen LogP contribution in [0.15, 0.2) is 6.20 Å². The summed E-state index contributed by atoms with van der Waals surface area (Å²) in [5.41, 5.74) is -0.142. The molecule has 1 aliphatic carbocycles. The van der Waals surface area contributed by atoms with Crippen molar-refractivity contribution in [3.8, 4) is 0 Å². The summed E-state index contributed by atoms with van der Waals surface area (Å²) in [4.78, 5) is 25.1. The van der Waals surface area contributed by atoms with E-state index in [2.05, 4.69) is 17.2 Å². The molecule has 1 fully saturated rings. The largest absolute Gasteiger partial charge is 0.476 e. The van der Waals surface area contributed by atoms with E-state index in [1.165, 1.54) is 17.3 Å². The Morgan fingerprint density at radius 2 is 2.14 bits per heavy atom. The number of likely N-dealkylation sites (N-methyl/N-ethyl adjacent to an activating group) is 1. The Labute approximate surface area is 123 Å². The summed E-state index contributed by atoms with van der Waals surface area (Å²) in [6, 6.07) is 0.277.